The number of aromatic nitrogens is 1. The third kappa shape index (κ3) is 3.33. The van der Waals surface area contributed by atoms with Crippen LogP contribution in [-0.2, 0) is 4.79 Å². The number of nitrogens with one attached hydrogen (secondary N) is 1. The summed E-state index contributed by atoms with van der Waals surface area (Å²) in [5, 5.41) is 3.31. The van der Waals surface area contributed by atoms with Gasteiger partial charge in [-0.2, -0.15) is 0 Å². The van der Waals surface area contributed by atoms with Crippen LogP contribution >= 0.6 is 11.3 Å². The molecule has 0 aliphatic rings. The fourth-order valence-corrected chi connectivity index (χ4v) is 3.36. The second kappa shape index (κ2) is 6.88. The maximum Gasteiger partial charge on any atom is 0.264 e. The molecule has 1 aromatic heterocycles. The molecule has 3 rings (SSSR count). The molecule has 24 heavy (non-hydrogen) atoms. The molecule has 0 atom stereocenters. The zero-order valence-corrected chi connectivity index (χ0v) is 14.6. The van der Waals surface area contributed by atoms with E-state index >= 15 is 0 Å². The van der Waals surface area contributed by atoms with E-state index in [-0.39, 0.29) is 12.5 Å². The minimum atomic E-state index is -0.240. The summed E-state index contributed by atoms with van der Waals surface area (Å²) in [6, 6.07) is 11.6. The molecule has 1 N–H and O–H groups in total. The van der Waals surface area contributed by atoms with Crippen molar-refractivity contribution < 1.29 is 14.3 Å². The average molecular weight is 342 g/mol. The van der Waals surface area contributed by atoms with Crippen molar-refractivity contribution >= 4 is 32.6 Å². The number of aryl methyl sites for hydroxylation is 2. The SMILES string of the molecule is COc1cccc2sc(NC(=O)COc3c(C)cccc3C)nc12. The number of thiazole rings is 1. The van der Waals surface area contributed by atoms with Crippen LogP contribution in [-0.4, -0.2) is 24.6 Å². The Morgan fingerprint density at radius 2 is 1.88 bits per heavy atom. The lowest BCUT2D eigenvalue weighted by Gasteiger charge is -2.11. The van der Waals surface area contributed by atoms with Gasteiger partial charge < -0.3 is 9.47 Å². The molecule has 0 aliphatic carbocycles. The normalized spacial score (nSPS) is 10.6. The summed E-state index contributed by atoms with van der Waals surface area (Å²) in [6.07, 6.45) is 0. The van der Waals surface area contributed by atoms with Crippen molar-refractivity contribution in [1.82, 2.24) is 4.98 Å². The first-order valence-electron chi connectivity index (χ1n) is 7.51. The molecule has 5 nitrogen and oxygen atoms in total. The van der Waals surface area contributed by atoms with Gasteiger partial charge in [-0.1, -0.05) is 35.6 Å². The molecular formula is C18H18N2O3S. The molecule has 0 aliphatic heterocycles. The number of carbonyl (C=O) groups excluding carboxylic acids is 1. The van der Waals surface area contributed by atoms with Crippen LogP contribution in [0.4, 0.5) is 5.13 Å². The lowest BCUT2D eigenvalue weighted by atomic mass is 10.1. The molecule has 0 saturated heterocycles. The fourth-order valence-electron chi connectivity index (χ4n) is 2.46. The number of amides is 1. The maximum atomic E-state index is 12.1. The van der Waals surface area contributed by atoms with Crippen molar-refractivity contribution in [3.63, 3.8) is 0 Å². The average Bonchev–Trinajstić information content (AvgIpc) is 2.96. The number of fused-ring (bicyclic) bond motifs is 1. The highest BCUT2D eigenvalue weighted by Gasteiger charge is 2.12. The van der Waals surface area contributed by atoms with Gasteiger partial charge in [0.05, 0.1) is 11.8 Å². The van der Waals surface area contributed by atoms with E-state index in [4.69, 9.17) is 9.47 Å². The van der Waals surface area contributed by atoms with Gasteiger partial charge in [0.15, 0.2) is 11.7 Å². The third-order valence-electron chi connectivity index (χ3n) is 3.60. The summed E-state index contributed by atoms with van der Waals surface area (Å²) in [5.74, 6) is 1.20. The topological polar surface area (TPSA) is 60.5 Å². The third-order valence-corrected chi connectivity index (χ3v) is 4.54. The number of nitrogens with zero attached hydrogens (tertiary/aromatic N) is 1. The predicted octanol–water partition coefficient (Wildman–Crippen LogP) is 3.94. The quantitative estimate of drug-likeness (QED) is 0.763. The fraction of sp³-hybridized carbons (Fsp3) is 0.222. The van der Waals surface area contributed by atoms with Gasteiger partial charge in [0.2, 0.25) is 0 Å². The molecule has 0 bridgehead atoms. The molecule has 0 saturated carbocycles. The van der Waals surface area contributed by atoms with Gasteiger partial charge in [0.1, 0.15) is 17.0 Å². The number of anilines is 1. The maximum absolute atomic E-state index is 12.1. The summed E-state index contributed by atoms with van der Waals surface area (Å²) >= 11 is 1.40. The highest BCUT2D eigenvalue weighted by Crippen LogP contribution is 2.32. The molecule has 0 fully saturated rings. The van der Waals surface area contributed by atoms with Crippen LogP contribution in [0.15, 0.2) is 36.4 Å². The molecule has 1 heterocycles. The zero-order chi connectivity index (χ0) is 17.1. The molecule has 124 valence electrons. The predicted molar refractivity (Wildman–Crippen MR) is 96.2 cm³/mol. The summed E-state index contributed by atoms with van der Waals surface area (Å²) in [4.78, 5) is 16.6. The van der Waals surface area contributed by atoms with E-state index in [0.717, 1.165) is 27.1 Å². The van der Waals surface area contributed by atoms with E-state index in [1.54, 1.807) is 7.11 Å². The molecule has 3 aromatic rings. The largest absolute Gasteiger partial charge is 0.494 e. The van der Waals surface area contributed by atoms with Crippen molar-refractivity contribution in [1.29, 1.82) is 0 Å². The minimum Gasteiger partial charge on any atom is -0.494 e. The van der Waals surface area contributed by atoms with Crippen LogP contribution in [0.5, 0.6) is 11.5 Å². The van der Waals surface area contributed by atoms with Gasteiger partial charge in [0, 0.05) is 0 Å². The Morgan fingerprint density at radius 1 is 1.17 bits per heavy atom. The summed E-state index contributed by atoms with van der Waals surface area (Å²) < 4.78 is 11.9. The number of hydrogen-bond acceptors (Lipinski definition) is 5. The van der Waals surface area contributed by atoms with Gasteiger partial charge >= 0.3 is 0 Å². The zero-order valence-electron chi connectivity index (χ0n) is 13.8. The molecule has 0 unspecified atom stereocenters. The number of ether oxygens (including phenoxy) is 2. The second-order valence-corrected chi connectivity index (χ2v) is 6.41. The van der Waals surface area contributed by atoms with Crippen molar-refractivity contribution in [3.8, 4) is 11.5 Å². The van der Waals surface area contributed by atoms with Gasteiger partial charge in [-0.05, 0) is 37.1 Å². The number of hydrogen-bond donors (Lipinski definition) is 1. The van der Waals surface area contributed by atoms with Crippen molar-refractivity contribution in [2.24, 2.45) is 0 Å². The van der Waals surface area contributed by atoms with Gasteiger partial charge in [-0.3, -0.25) is 10.1 Å². The molecule has 1 amide bonds. The van der Waals surface area contributed by atoms with Crippen molar-refractivity contribution in [2.45, 2.75) is 13.8 Å². The first-order chi connectivity index (χ1) is 11.6. The molecule has 0 spiro atoms. The van der Waals surface area contributed by atoms with Crippen LogP contribution in [0.2, 0.25) is 0 Å². The number of methoxy groups -OCH3 is 1. The van der Waals surface area contributed by atoms with E-state index in [1.165, 1.54) is 11.3 Å². The standard InChI is InChI=1S/C18H18N2O3S/c1-11-6-4-7-12(2)17(11)23-10-15(21)19-18-20-16-13(22-3)8-5-9-14(16)24-18/h4-9H,10H2,1-3H3,(H,19,20,21). The first kappa shape index (κ1) is 16.3. The van der Waals surface area contributed by atoms with Crippen LogP contribution in [0.3, 0.4) is 0 Å². The summed E-state index contributed by atoms with van der Waals surface area (Å²) in [7, 11) is 1.60. The van der Waals surface area contributed by atoms with E-state index in [2.05, 4.69) is 10.3 Å². The lowest BCUT2D eigenvalue weighted by molar-refractivity contribution is -0.118. The first-order valence-corrected chi connectivity index (χ1v) is 8.32. The molecule has 0 radical (unpaired) electrons. The molecule has 2 aromatic carbocycles. The smallest absolute Gasteiger partial charge is 0.264 e. The summed E-state index contributed by atoms with van der Waals surface area (Å²) in [6.45, 7) is 3.86. The van der Waals surface area contributed by atoms with Crippen LogP contribution < -0.4 is 14.8 Å². The monoisotopic (exact) mass is 342 g/mol. The van der Waals surface area contributed by atoms with Crippen LogP contribution in [0, 0.1) is 13.8 Å². The van der Waals surface area contributed by atoms with E-state index in [1.807, 2.05) is 50.2 Å². The van der Waals surface area contributed by atoms with Crippen LogP contribution in [0.25, 0.3) is 10.2 Å². The Labute approximate surface area is 144 Å². The number of rotatable bonds is 5. The van der Waals surface area contributed by atoms with Crippen molar-refractivity contribution in [2.75, 3.05) is 19.0 Å². The Morgan fingerprint density at radius 3 is 2.58 bits per heavy atom. The van der Waals surface area contributed by atoms with E-state index in [9.17, 15) is 4.79 Å². The minimum absolute atomic E-state index is 0.0568. The number of para-hydroxylation sites is 2. The van der Waals surface area contributed by atoms with E-state index < -0.39 is 0 Å². The molecular weight excluding hydrogens is 324 g/mol. The Balaban J connectivity index is 1.69. The lowest BCUT2D eigenvalue weighted by Crippen LogP contribution is -2.20. The van der Waals surface area contributed by atoms with Gasteiger partial charge in [-0.25, -0.2) is 4.98 Å². The van der Waals surface area contributed by atoms with Gasteiger partial charge in [-0.15, -0.1) is 0 Å². The molecule has 6 heteroatoms. The Hall–Kier alpha value is -2.60. The van der Waals surface area contributed by atoms with E-state index in [0.29, 0.717) is 10.9 Å². The number of carbonyl (C=O) groups is 1. The Kier molecular flexibility index (Phi) is 4.66. The van der Waals surface area contributed by atoms with Crippen LogP contribution in [0.1, 0.15) is 11.1 Å². The van der Waals surface area contributed by atoms with Gasteiger partial charge in [0.25, 0.3) is 5.91 Å². The summed E-state index contributed by atoms with van der Waals surface area (Å²) in [5.41, 5.74) is 2.76. The number of benzene rings is 2. The van der Waals surface area contributed by atoms with Crippen molar-refractivity contribution in [3.05, 3.63) is 47.5 Å². The second-order valence-electron chi connectivity index (χ2n) is 5.38. The Bertz CT molecular complexity index is 869. The highest BCUT2D eigenvalue weighted by molar-refractivity contribution is 7.22. The highest BCUT2D eigenvalue weighted by atomic mass is 32.1.